The Hall–Kier alpha value is -1.95. The summed E-state index contributed by atoms with van der Waals surface area (Å²) in [7, 11) is 0. The minimum atomic E-state index is -0.726. The first-order chi connectivity index (χ1) is 7.15. The van der Waals surface area contributed by atoms with Crippen LogP contribution in [0.25, 0.3) is 11.5 Å². The standard InChI is InChI=1S/C8H5ClN4O2/c9-5-3-1-2-4(10-5)6-11-7(14)13-8(15)12-6/h1-3H,(H2,11,12,13,14,15). The molecular weight excluding hydrogens is 220 g/mol. The van der Waals surface area contributed by atoms with Crippen molar-refractivity contribution in [1.29, 1.82) is 0 Å². The maximum atomic E-state index is 11.0. The average molecular weight is 225 g/mol. The molecule has 0 aliphatic heterocycles. The lowest BCUT2D eigenvalue weighted by Gasteiger charge is -1.97. The normalized spacial score (nSPS) is 10.2. The monoisotopic (exact) mass is 224 g/mol. The number of aromatic nitrogens is 4. The van der Waals surface area contributed by atoms with Crippen LogP contribution in [0.3, 0.4) is 0 Å². The first-order valence-corrected chi connectivity index (χ1v) is 4.36. The number of hydrogen-bond donors (Lipinski definition) is 2. The molecule has 0 radical (unpaired) electrons. The Kier molecular flexibility index (Phi) is 2.34. The fourth-order valence-corrected chi connectivity index (χ4v) is 1.22. The summed E-state index contributed by atoms with van der Waals surface area (Å²) in [5, 5.41) is 0.260. The highest BCUT2D eigenvalue weighted by atomic mass is 35.5. The van der Waals surface area contributed by atoms with Crippen LogP contribution in [-0.4, -0.2) is 19.9 Å². The third-order valence-electron chi connectivity index (χ3n) is 1.62. The van der Waals surface area contributed by atoms with E-state index in [9.17, 15) is 9.59 Å². The van der Waals surface area contributed by atoms with Gasteiger partial charge < -0.3 is 0 Å². The number of pyridine rings is 1. The van der Waals surface area contributed by atoms with Crippen molar-refractivity contribution in [1.82, 2.24) is 19.9 Å². The van der Waals surface area contributed by atoms with E-state index in [0.29, 0.717) is 5.69 Å². The Bertz CT molecular complexity index is 576. The highest BCUT2D eigenvalue weighted by Gasteiger charge is 2.03. The Balaban J connectivity index is 2.64. The van der Waals surface area contributed by atoms with E-state index in [1.54, 1.807) is 18.2 Å². The van der Waals surface area contributed by atoms with Crippen LogP contribution in [0.4, 0.5) is 0 Å². The highest BCUT2D eigenvalue weighted by molar-refractivity contribution is 6.29. The maximum absolute atomic E-state index is 11.0. The van der Waals surface area contributed by atoms with E-state index in [2.05, 4.69) is 15.0 Å². The minimum Gasteiger partial charge on any atom is -0.290 e. The SMILES string of the molecule is O=c1nc(-c2cccc(Cl)n2)[nH]c(=O)[nH]1. The van der Waals surface area contributed by atoms with Gasteiger partial charge in [0.05, 0.1) is 0 Å². The van der Waals surface area contributed by atoms with Gasteiger partial charge in [-0.3, -0.25) is 9.97 Å². The van der Waals surface area contributed by atoms with Crippen molar-refractivity contribution >= 4 is 11.6 Å². The van der Waals surface area contributed by atoms with Crippen LogP contribution in [0.2, 0.25) is 5.15 Å². The predicted octanol–water partition coefficient (Wildman–Crippen LogP) is 0.174. The van der Waals surface area contributed by atoms with Gasteiger partial charge in [-0.05, 0) is 12.1 Å². The molecule has 2 rings (SSSR count). The summed E-state index contributed by atoms with van der Waals surface area (Å²) >= 11 is 5.66. The van der Waals surface area contributed by atoms with Crippen LogP contribution in [0.5, 0.6) is 0 Å². The zero-order valence-corrected chi connectivity index (χ0v) is 8.08. The summed E-state index contributed by atoms with van der Waals surface area (Å²) in [5.41, 5.74) is -1.02. The summed E-state index contributed by atoms with van der Waals surface area (Å²) in [6.07, 6.45) is 0. The van der Waals surface area contributed by atoms with Crippen molar-refractivity contribution in [2.75, 3.05) is 0 Å². The van der Waals surface area contributed by atoms with Gasteiger partial charge in [0, 0.05) is 0 Å². The highest BCUT2D eigenvalue weighted by Crippen LogP contribution is 2.11. The van der Waals surface area contributed by atoms with E-state index in [1.807, 2.05) is 4.98 Å². The molecule has 0 spiro atoms. The Morgan fingerprint density at radius 1 is 1.13 bits per heavy atom. The molecule has 76 valence electrons. The van der Waals surface area contributed by atoms with Gasteiger partial charge in [-0.1, -0.05) is 17.7 Å². The molecule has 2 aromatic heterocycles. The molecule has 6 nitrogen and oxygen atoms in total. The summed E-state index contributed by atoms with van der Waals surface area (Å²) < 4.78 is 0. The van der Waals surface area contributed by atoms with Gasteiger partial charge in [0.15, 0.2) is 5.82 Å². The van der Waals surface area contributed by atoms with Crippen LogP contribution in [0, 0.1) is 0 Å². The molecule has 0 atom stereocenters. The predicted molar refractivity (Wildman–Crippen MR) is 53.7 cm³/mol. The second kappa shape index (κ2) is 3.66. The lowest BCUT2D eigenvalue weighted by molar-refractivity contribution is 0.936. The molecule has 0 aliphatic carbocycles. The van der Waals surface area contributed by atoms with Crippen molar-refractivity contribution in [3.8, 4) is 11.5 Å². The van der Waals surface area contributed by atoms with Crippen molar-refractivity contribution in [2.24, 2.45) is 0 Å². The van der Waals surface area contributed by atoms with E-state index in [0.717, 1.165) is 0 Å². The Labute approximate surface area is 88.0 Å². The van der Waals surface area contributed by atoms with Crippen LogP contribution < -0.4 is 11.4 Å². The molecule has 0 unspecified atom stereocenters. The van der Waals surface area contributed by atoms with Gasteiger partial charge in [0.1, 0.15) is 10.8 Å². The molecule has 0 bridgehead atoms. The Morgan fingerprint density at radius 2 is 1.93 bits per heavy atom. The Morgan fingerprint density at radius 3 is 2.60 bits per heavy atom. The number of hydrogen-bond acceptors (Lipinski definition) is 4. The quantitative estimate of drug-likeness (QED) is 0.676. The van der Waals surface area contributed by atoms with Gasteiger partial charge >= 0.3 is 11.4 Å². The molecule has 2 aromatic rings. The molecule has 0 saturated carbocycles. The summed E-state index contributed by atoms with van der Waals surface area (Å²) in [4.78, 5) is 33.6. The third-order valence-corrected chi connectivity index (χ3v) is 1.83. The van der Waals surface area contributed by atoms with Crippen molar-refractivity contribution < 1.29 is 0 Å². The van der Waals surface area contributed by atoms with Crippen LogP contribution in [0.15, 0.2) is 27.8 Å². The zero-order valence-electron chi connectivity index (χ0n) is 7.32. The first-order valence-electron chi connectivity index (χ1n) is 3.99. The number of nitrogens with zero attached hydrogens (tertiary/aromatic N) is 2. The largest absolute Gasteiger partial charge is 0.351 e. The molecule has 0 amide bonds. The number of nitrogens with one attached hydrogen (secondary N) is 2. The molecule has 0 saturated heterocycles. The number of aromatic amines is 2. The fourth-order valence-electron chi connectivity index (χ4n) is 1.05. The van der Waals surface area contributed by atoms with Gasteiger partial charge in [-0.2, -0.15) is 4.98 Å². The average Bonchev–Trinajstić information content (AvgIpc) is 2.16. The number of halogens is 1. The van der Waals surface area contributed by atoms with E-state index < -0.39 is 11.4 Å². The van der Waals surface area contributed by atoms with Crippen molar-refractivity contribution in [3.05, 3.63) is 44.3 Å². The van der Waals surface area contributed by atoms with Crippen LogP contribution >= 0.6 is 11.6 Å². The zero-order chi connectivity index (χ0) is 10.8. The van der Waals surface area contributed by atoms with E-state index in [1.165, 1.54) is 0 Å². The number of rotatable bonds is 1. The lowest BCUT2D eigenvalue weighted by Crippen LogP contribution is -2.25. The number of H-pyrrole nitrogens is 2. The molecular formula is C8H5ClN4O2. The topological polar surface area (TPSA) is 91.5 Å². The second-order valence-corrected chi connectivity index (χ2v) is 3.08. The van der Waals surface area contributed by atoms with Crippen LogP contribution in [0.1, 0.15) is 0 Å². The molecule has 2 N–H and O–H groups in total. The summed E-state index contributed by atoms with van der Waals surface area (Å²) in [6, 6.07) is 4.81. The van der Waals surface area contributed by atoms with Crippen molar-refractivity contribution in [2.45, 2.75) is 0 Å². The lowest BCUT2D eigenvalue weighted by atomic mass is 10.3. The van der Waals surface area contributed by atoms with Crippen LogP contribution in [-0.2, 0) is 0 Å². The molecule has 0 aromatic carbocycles. The van der Waals surface area contributed by atoms with Crippen molar-refractivity contribution in [3.63, 3.8) is 0 Å². The van der Waals surface area contributed by atoms with Gasteiger partial charge in [0.2, 0.25) is 0 Å². The van der Waals surface area contributed by atoms with Gasteiger partial charge in [-0.25, -0.2) is 14.6 Å². The molecule has 0 fully saturated rings. The van der Waals surface area contributed by atoms with Gasteiger partial charge in [0.25, 0.3) is 0 Å². The molecule has 0 aliphatic rings. The summed E-state index contributed by atoms with van der Waals surface area (Å²) in [5.74, 6) is 0.0891. The van der Waals surface area contributed by atoms with Gasteiger partial charge in [-0.15, -0.1) is 0 Å². The van der Waals surface area contributed by atoms with E-state index in [4.69, 9.17) is 11.6 Å². The molecule has 2 heterocycles. The minimum absolute atomic E-state index is 0.0891. The fraction of sp³-hybridized carbons (Fsp3) is 0. The third kappa shape index (κ3) is 2.10. The summed E-state index contributed by atoms with van der Waals surface area (Å²) in [6.45, 7) is 0. The maximum Gasteiger partial charge on any atom is 0.351 e. The molecule has 15 heavy (non-hydrogen) atoms. The second-order valence-electron chi connectivity index (χ2n) is 2.69. The smallest absolute Gasteiger partial charge is 0.290 e. The van der Waals surface area contributed by atoms with E-state index >= 15 is 0 Å². The first kappa shape index (κ1) is 9.60. The molecule has 7 heteroatoms. The van der Waals surface area contributed by atoms with E-state index in [-0.39, 0.29) is 11.0 Å².